The summed E-state index contributed by atoms with van der Waals surface area (Å²) in [6.45, 7) is 0. The predicted molar refractivity (Wildman–Crippen MR) is 76.6 cm³/mol. The van der Waals surface area contributed by atoms with Crippen LogP contribution >= 0.6 is 33.8 Å². The molecule has 1 aromatic carbocycles. The molecule has 0 aliphatic carbocycles. The summed E-state index contributed by atoms with van der Waals surface area (Å²) >= 11 is 7.02. The van der Waals surface area contributed by atoms with Crippen LogP contribution < -0.4 is 0 Å². The smallest absolute Gasteiger partial charge is 0.217 e. The Bertz CT molecular complexity index is 499. The minimum absolute atomic E-state index is 0.270. The van der Waals surface area contributed by atoms with Crippen molar-refractivity contribution in [3.8, 4) is 0 Å². The van der Waals surface area contributed by atoms with Gasteiger partial charge >= 0.3 is 0 Å². The third kappa shape index (κ3) is 3.03. The van der Waals surface area contributed by atoms with Crippen molar-refractivity contribution in [3.63, 3.8) is 0 Å². The van der Waals surface area contributed by atoms with Crippen LogP contribution in [0, 0.1) is 0 Å². The summed E-state index contributed by atoms with van der Waals surface area (Å²) in [7, 11) is -3.60. The van der Waals surface area contributed by atoms with Gasteiger partial charge in [0.1, 0.15) is 3.53 Å². The summed E-state index contributed by atoms with van der Waals surface area (Å²) in [5.41, 5.74) is 0. The van der Waals surface area contributed by atoms with E-state index in [0.29, 0.717) is 13.4 Å². The molecule has 0 N–H and O–H groups in total. The predicted octanol–water partition coefficient (Wildman–Crippen LogP) is 3.09. The molecule has 0 atom stereocenters. The molecule has 6 heteroatoms. The average molecular weight is 297 g/mol. The molecule has 0 unspecified atom stereocenters. The van der Waals surface area contributed by atoms with E-state index in [1.807, 2.05) is 12.5 Å². The van der Waals surface area contributed by atoms with Crippen molar-refractivity contribution in [3.05, 3.63) is 29.3 Å². The van der Waals surface area contributed by atoms with Crippen LogP contribution in [0.3, 0.4) is 0 Å². The number of halogens is 1. The molecule has 0 aliphatic heterocycles. The van der Waals surface area contributed by atoms with Gasteiger partial charge in [0.05, 0.1) is 4.90 Å². The van der Waals surface area contributed by atoms with Gasteiger partial charge in [0.25, 0.3) is 0 Å². The quantitative estimate of drug-likeness (QED) is 0.747. The SMILES string of the molecule is CSC(=S(C)C)S(=O)(=O)c1ccc(Cl)cc1. The molecule has 0 bridgehead atoms. The van der Waals surface area contributed by atoms with Gasteiger partial charge in [-0.2, -0.15) is 10.5 Å². The highest BCUT2D eigenvalue weighted by molar-refractivity contribution is 8.50. The Kier molecular flexibility index (Phi) is 4.91. The van der Waals surface area contributed by atoms with Gasteiger partial charge in [-0.3, -0.25) is 0 Å². The lowest BCUT2D eigenvalue weighted by atomic mass is 10.4. The maximum absolute atomic E-state index is 12.2. The number of benzene rings is 1. The fourth-order valence-corrected chi connectivity index (χ4v) is 6.56. The Morgan fingerprint density at radius 3 is 2.12 bits per heavy atom. The van der Waals surface area contributed by atoms with Gasteiger partial charge in [-0.1, -0.05) is 11.6 Å². The summed E-state index contributed by atoms with van der Waals surface area (Å²) in [5.74, 6) is 0. The number of rotatable bonds is 1. The minimum atomic E-state index is -3.33. The largest absolute Gasteiger partial charge is 0.217 e. The Morgan fingerprint density at radius 1 is 1.25 bits per heavy atom. The molecule has 0 saturated heterocycles. The van der Waals surface area contributed by atoms with Crippen LogP contribution in [-0.4, -0.2) is 30.7 Å². The lowest BCUT2D eigenvalue weighted by Crippen LogP contribution is -2.11. The molecule has 0 saturated carbocycles. The fourth-order valence-electron chi connectivity index (χ4n) is 1.21. The van der Waals surface area contributed by atoms with Crippen molar-refractivity contribution in [2.24, 2.45) is 0 Å². The molecule has 16 heavy (non-hydrogen) atoms. The summed E-state index contributed by atoms with van der Waals surface area (Å²) < 4.78 is 25.0. The maximum Gasteiger partial charge on any atom is 0.217 e. The molecule has 2 nitrogen and oxygen atoms in total. The summed E-state index contributed by atoms with van der Waals surface area (Å²) in [6.07, 6.45) is 5.59. The number of hydrogen-bond donors (Lipinski definition) is 0. The number of thioether (sulfide) groups is 1. The van der Waals surface area contributed by atoms with Crippen molar-refractivity contribution in [2.45, 2.75) is 4.90 Å². The minimum Gasteiger partial charge on any atom is -0.217 e. The molecule has 0 heterocycles. The van der Waals surface area contributed by atoms with Gasteiger partial charge in [-0.05, 0) is 43.0 Å². The molecule has 0 amide bonds. The summed E-state index contributed by atoms with van der Waals surface area (Å²) in [5, 5.41) is 0.539. The molecule has 1 rings (SSSR count). The Balaban J connectivity index is 3.32. The molecule has 90 valence electrons. The van der Waals surface area contributed by atoms with Crippen molar-refractivity contribution >= 4 is 47.2 Å². The van der Waals surface area contributed by atoms with E-state index in [1.54, 1.807) is 30.5 Å². The number of hydrogen-bond acceptors (Lipinski definition) is 3. The van der Waals surface area contributed by atoms with E-state index < -0.39 is 9.84 Å². The molecule has 0 spiro atoms. The van der Waals surface area contributed by atoms with Gasteiger partial charge in [-0.15, -0.1) is 11.8 Å². The van der Waals surface area contributed by atoms with Crippen molar-refractivity contribution in [1.29, 1.82) is 0 Å². The van der Waals surface area contributed by atoms with Gasteiger partial charge in [-0.25, -0.2) is 8.42 Å². The van der Waals surface area contributed by atoms with E-state index in [2.05, 4.69) is 0 Å². The third-order valence-electron chi connectivity index (χ3n) is 1.84. The first kappa shape index (κ1) is 14.1. The first-order valence-electron chi connectivity index (χ1n) is 4.38. The third-order valence-corrected chi connectivity index (χ3v) is 8.74. The Morgan fingerprint density at radius 2 is 1.75 bits per heavy atom. The second-order valence-electron chi connectivity index (χ2n) is 3.23. The molecule has 0 fully saturated rings. The molecule has 0 radical (unpaired) electrons. The van der Waals surface area contributed by atoms with E-state index in [9.17, 15) is 8.42 Å². The van der Waals surface area contributed by atoms with Crippen molar-refractivity contribution in [1.82, 2.24) is 0 Å². The van der Waals surface area contributed by atoms with E-state index in [0.717, 1.165) is 0 Å². The molecular weight excluding hydrogens is 284 g/mol. The van der Waals surface area contributed by atoms with Crippen LogP contribution in [0.25, 0.3) is 0 Å². The molecule has 0 aromatic heterocycles. The molecular formula is C10H13ClO2S3. The number of sulfone groups is 1. The Labute approximate surface area is 108 Å². The lowest BCUT2D eigenvalue weighted by molar-refractivity contribution is 0.608. The Hall–Kier alpha value is 0.0300. The standard InChI is InChI=1S/C10H13ClO2S3/c1-14-10(15(2)3)16(12,13)9-6-4-8(11)5-7-9/h4-7H,1-3H3. The first-order valence-corrected chi connectivity index (χ1v) is 9.51. The highest BCUT2D eigenvalue weighted by atomic mass is 35.5. The summed E-state index contributed by atoms with van der Waals surface area (Å²) in [6, 6.07) is 6.27. The van der Waals surface area contributed by atoms with Gasteiger partial charge in [0.2, 0.25) is 9.84 Å². The van der Waals surface area contributed by atoms with Gasteiger partial charge < -0.3 is 0 Å². The van der Waals surface area contributed by atoms with Crippen LogP contribution in [0.5, 0.6) is 0 Å². The van der Waals surface area contributed by atoms with Crippen LogP contribution in [0.15, 0.2) is 29.2 Å². The van der Waals surface area contributed by atoms with E-state index in [4.69, 9.17) is 11.6 Å². The average Bonchev–Trinajstić information content (AvgIpc) is 2.18. The lowest BCUT2D eigenvalue weighted by Gasteiger charge is -2.08. The maximum atomic E-state index is 12.2. The highest BCUT2D eigenvalue weighted by Crippen LogP contribution is 2.25. The van der Waals surface area contributed by atoms with Crippen molar-refractivity contribution < 1.29 is 8.42 Å². The van der Waals surface area contributed by atoms with Crippen LogP contribution in [0.2, 0.25) is 5.02 Å². The van der Waals surface area contributed by atoms with Crippen LogP contribution in [-0.2, 0) is 9.84 Å². The second-order valence-corrected chi connectivity index (χ2v) is 9.18. The van der Waals surface area contributed by atoms with Gasteiger partial charge in [0.15, 0.2) is 0 Å². The van der Waals surface area contributed by atoms with Crippen LogP contribution in [0.4, 0.5) is 0 Å². The van der Waals surface area contributed by atoms with E-state index in [1.165, 1.54) is 11.8 Å². The normalized spacial score (nSPS) is 11.8. The zero-order valence-electron chi connectivity index (χ0n) is 9.23. The van der Waals surface area contributed by atoms with E-state index in [-0.39, 0.29) is 10.5 Å². The fraction of sp³-hybridized carbons (Fsp3) is 0.300. The van der Waals surface area contributed by atoms with Crippen molar-refractivity contribution in [2.75, 3.05) is 18.8 Å². The zero-order valence-corrected chi connectivity index (χ0v) is 12.4. The summed E-state index contributed by atoms with van der Waals surface area (Å²) in [4.78, 5) is 0.308. The monoisotopic (exact) mass is 296 g/mol. The zero-order chi connectivity index (χ0) is 12.3. The van der Waals surface area contributed by atoms with Crippen LogP contribution in [0.1, 0.15) is 0 Å². The molecule has 0 aliphatic rings. The first-order chi connectivity index (χ1) is 7.39. The van der Waals surface area contributed by atoms with E-state index >= 15 is 0 Å². The highest BCUT2D eigenvalue weighted by Gasteiger charge is 2.21. The van der Waals surface area contributed by atoms with Gasteiger partial charge in [0, 0.05) is 5.02 Å². The second kappa shape index (κ2) is 5.58. The topological polar surface area (TPSA) is 34.1 Å². The molecule has 1 aromatic rings.